The lowest BCUT2D eigenvalue weighted by molar-refractivity contribution is 0.102. The van der Waals surface area contributed by atoms with E-state index >= 15 is 0 Å². The fraction of sp³-hybridized carbons (Fsp3) is 0.250. The molecule has 0 aliphatic heterocycles. The molecule has 0 bridgehead atoms. The van der Waals surface area contributed by atoms with Gasteiger partial charge in [-0.1, -0.05) is 43.5 Å². The molecule has 0 saturated heterocycles. The van der Waals surface area contributed by atoms with Gasteiger partial charge >= 0.3 is 0 Å². The molecule has 0 atom stereocenters. The van der Waals surface area contributed by atoms with Gasteiger partial charge < -0.3 is 15.0 Å². The topological polar surface area (TPSA) is 84.2 Å². The SMILES string of the molecule is CCCCCn1c(=O)c(C(=O)Nc2ccc(Cl)cn2)c(O)c2ccccc21. The Morgan fingerprint density at radius 3 is 2.70 bits per heavy atom. The molecule has 6 nitrogen and oxygen atoms in total. The van der Waals surface area contributed by atoms with Gasteiger partial charge in [0, 0.05) is 18.1 Å². The number of anilines is 1. The van der Waals surface area contributed by atoms with Crippen molar-refractivity contribution in [2.45, 2.75) is 32.7 Å². The summed E-state index contributed by atoms with van der Waals surface area (Å²) < 4.78 is 1.55. The Bertz CT molecular complexity index is 1030. The Hall–Kier alpha value is -2.86. The second-order valence-corrected chi connectivity index (χ2v) is 6.66. The quantitative estimate of drug-likeness (QED) is 0.623. The van der Waals surface area contributed by atoms with Gasteiger partial charge in [0.25, 0.3) is 11.5 Å². The maximum atomic E-state index is 13.0. The molecule has 2 heterocycles. The Kier molecular flexibility index (Phi) is 5.76. The summed E-state index contributed by atoms with van der Waals surface area (Å²) in [5.41, 5.74) is -0.201. The smallest absolute Gasteiger partial charge is 0.267 e. The number of pyridine rings is 2. The van der Waals surface area contributed by atoms with E-state index in [9.17, 15) is 14.7 Å². The van der Waals surface area contributed by atoms with Gasteiger partial charge in [-0.05, 0) is 30.7 Å². The Labute approximate surface area is 161 Å². The fourth-order valence-corrected chi connectivity index (χ4v) is 3.08. The van der Waals surface area contributed by atoms with E-state index in [2.05, 4.69) is 17.2 Å². The second kappa shape index (κ2) is 8.22. The molecule has 0 fully saturated rings. The van der Waals surface area contributed by atoms with Crippen molar-refractivity contribution >= 4 is 34.2 Å². The number of halogens is 1. The minimum absolute atomic E-state index is 0.244. The van der Waals surface area contributed by atoms with E-state index in [4.69, 9.17) is 11.6 Å². The van der Waals surface area contributed by atoms with Crippen molar-refractivity contribution in [1.29, 1.82) is 0 Å². The molecule has 0 aliphatic carbocycles. The molecular formula is C20H20ClN3O3. The summed E-state index contributed by atoms with van der Waals surface area (Å²) in [6, 6.07) is 10.1. The van der Waals surface area contributed by atoms with E-state index in [-0.39, 0.29) is 17.1 Å². The first-order valence-corrected chi connectivity index (χ1v) is 9.18. The number of fused-ring (bicyclic) bond motifs is 1. The number of nitrogens with one attached hydrogen (secondary N) is 1. The average Bonchev–Trinajstić information content (AvgIpc) is 2.66. The number of aryl methyl sites for hydroxylation is 1. The first-order chi connectivity index (χ1) is 13.0. The molecule has 3 rings (SSSR count). The predicted octanol–water partition coefficient (Wildman–Crippen LogP) is 4.20. The molecule has 2 aromatic heterocycles. The highest BCUT2D eigenvalue weighted by atomic mass is 35.5. The monoisotopic (exact) mass is 385 g/mol. The summed E-state index contributed by atoms with van der Waals surface area (Å²) in [6.07, 6.45) is 4.18. The molecule has 2 N–H and O–H groups in total. The van der Waals surface area contributed by atoms with Gasteiger partial charge in [-0.15, -0.1) is 0 Å². The van der Waals surface area contributed by atoms with Crippen LogP contribution in [-0.2, 0) is 6.54 Å². The summed E-state index contributed by atoms with van der Waals surface area (Å²) in [4.78, 5) is 29.7. The number of carbonyl (C=O) groups excluding carboxylic acids is 1. The van der Waals surface area contributed by atoms with Crippen LogP contribution in [0, 0.1) is 0 Å². The summed E-state index contributed by atoms with van der Waals surface area (Å²) in [5, 5.41) is 14.0. The van der Waals surface area contributed by atoms with Gasteiger partial charge in [-0.3, -0.25) is 9.59 Å². The minimum Gasteiger partial charge on any atom is -0.506 e. The Morgan fingerprint density at radius 1 is 1.22 bits per heavy atom. The normalized spacial score (nSPS) is 10.9. The molecule has 0 aliphatic rings. The zero-order chi connectivity index (χ0) is 19.4. The molecule has 1 amide bonds. The highest BCUT2D eigenvalue weighted by molar-refractivity contribution is 6.30. The van der Waals surface area contributed by atoms with Crippen LogP contribution in [0.4, 0.5) is 5.82 Å². The molecule has 27 heavy (non-hydrogen) atoms. The first-order valence-electron chi connectivity index (χ1n) is 8.80. The number of para-hydroxylation sites is 1. The van der Waals surface area contributed by atoms with Crippen LogP contribution in [-0.4, -0.2) is 20.6 Å². The molecule has 7 heteroatoms. The van der Waals surface area contributed by atoms with Crippen molar-refractivity contribution in [2.75, 3.05) is 5.32 Å². The highest BCUT2D eigenvalue weighted by Crippen LogP contribution is 2.27. The van der Waals surface area contributed by atoms with Crippen LogP contribution >= 0.6 is 11.6 Å². The number of hydrogen-bond acceptors (Lipinski definition) is 4. The molecule has 140 valence electrons. The van der Waals surface area contributed by atoms with E-state index in [1.165, 1.54) is 12.3 Å². The number of aromatic hydroxyl groups is 1. The molecule has 1 aromatic carbocycles. The van der Waals surface area contributed by atoms with Gasteiger partial charge in [0.2, 0.25) is 0 Å². The first kappa shape index (κ1) is 18.9. The van der Waals surface area contributed by atoms with Crippen molar-refractivity contribution < 1.29 is 9.90 Å². The predicted molar refractivity (Wildman–Crippen MR) is 107 cm³/mol. The maximum Gasteiger partial charge on any atom is 0.267 e. The summed E-state index contributed by atoms with van der Waals surface area (Å²) in [6.45, 7) is 2.56. The van der Waals surface area contributed by atoms with Crippen LogP contribution < -0.4 is 10.9 Å². The van der Waals surface area contributed by atoms with Gasteiger partial charge in [-0.2, -0.15) is 0 Å². The highest BCUT2D eigenvalue weighted by Gasteiger charge is 2.22. The number of rotatable bonds is 6. The number of carbonyl (C=O) groups is 1. The molecular weight excluding hydrogens is 366 g/mol. The molecule has 0 unspecified atom stereocenters. The standard InChI is InChI=1S/C20H20ClN3O3/c1-2-3-6-11-24-15-8-5-4-7-14(15)18(25)17(20(24)27)19(26)23-16-10-9-13(21)12-22-16/h4-5,7-10,12,25H,2-3,6,11H2,1H3,(H,22,23,26). The summed E-state index contributed by atoms with van der Waals surface area (Å²) in [5.74, 6) is -0.787. The maximum absolute atomic E-state index is 13.0. The van der Waals surface area contributed by atoms with Crippen LogP contribution in [0.15, 0.2) is 47.4 Å². The fourth-order valence-electron chi connectivity index (χ4n) is 2.96. The lowest BCUT2D eigenvalue weighted by Crippen LogP contribution is -2.30. The summed E-state index contributed by atoms with van der Waals surface area (Å²) >= 11 is 5.79. The van der Waals surface area contributed by atoms with Crippen LogP contribution in [0.25, 0.3) is 10.9 Å². The van der Waals surface area contributed by atoms with Crippen LogP contribution in [0.3, 0.4) is 0 Å². The van der Waals surface area contributed by atoms with Crippen molar-refractivity contribution in [3.8, 4) is 5.75 Å². The van der Waals surface area contributed by atoms with Crippen LogP contribution in [0.1, 0.15) is 36.5 Å². The van der Waals surface area contributed by atoms with Crippen molar-refractivity contribution in [1.82, 2.24) is 9.55 Å². The van der Waals surface area contributed by atoms with Gasteiger partial charge in [0.05, 0.1) is 10.5 Å². The number of benzene rings is 1. The molecule has 3 aromatic rings. The van der Waals surface area contributed by atoms with Crippen LogP contribution in [0.5, 0.6) is 5.75 Å². The lowest BCUT2D eigenvalue weighted by atomic mass is 10.1. The Balaban J connectivity index is 2.07. The third-order valence-electron chi connectivity index (χ3n) is 4.33. The van der Waals surface area contributed by atoms with Crippen molar-refractivity contribution in [2.24, 2.45) is 0 Å². The van der Waals surface area contributed by atoms with E-state index in [1.54, 1.807) is 34.9 Å². The molecule has 0 saturated carbocycles. The number of hydrogen-bond donors (Lipinski definition) is 2. The van der Waals surface area contributed by atoms with Crippen LogP contribution in [0.2, 0.25) is 5.02 Å². The van der Waals surface area contributed by atoms with Crippen molar-refractivity contribution in [3.63, 3.8) is 0 Å². The summed E-state index contributed by atoms with van der Waals surface area (Å²) in [7, 11) is 0. The lowest BCUT2D eigenvalue weighted by Gasteiger charge is -2.14. The largest absolute Gasteiger partial charge is 0.506 e. The van der Waals surface area contributed by atoms with Gasteiger partial charge in [0.1, 0.15) is 17.1 Å². The Morgan fingerprint density at radius 2 is 2.00 bits per heavy atom. The van der Waals surface area contributed by atoms with Gasteiger partial charge in [0.15, 0.2) is 0 Å². The zero-order valence-corrected chi connectivity index (χ0v) is 15.7. The second-order valence-electron chi connectivity index (χ2n) is 6.22. The average molecular weight is 386 g/mol. The number of amides is 1. The third-order valence-corrected chi connectivity index (χ3v) is 4.55. The molecule has 0 spiro atoms. The van der Waals surface area contributed by atoms with E-state index < -0.39 is 11.5 Å². The van der Waals surface area contributed by atoms with E-state index in [1.807, 2.05) is 0 Å². The number of aromatic nitrogens is 2. The van der Waals surface area contributed by atoms with Crippen molar-refractivity contribution in [3.05, 3.63) is 63.5 Å². The minimum atomic E-state index is -0.706. The zero-order valence-electron chi connectivity index (χ0n) is 14.9. The van der Waals surface area contributed by atoms with E-state index in [0.717, 1.165) is 19.3 Å². The van der Waals surface area contributed by atoms with E-state index in [0.29, 0.717) is 22.5 Å². The number of nitrogens with zero attached hydrogens (tertiary/aromatic N) is 2. The number of unbranched alkanes of at least 4 members (excludes halogenated alkanes) is 2. The van der Waals surface area contributed by atoms with Gasteiger partial charge in [-0.25, -0.2) is 4.98 Å². The third kappa shape index (κ3) is 3.95. The molecule has 0 radical (unpaired) electrons.